The summed E-state index contributed by atoms with van der Waals surface area (Å²) in [6.07, 6.45) is 5.01. The highest BCUT2D eigenvalue weighted by atomic mass is 32.2. The van der Waals surface area contributed by atoms with Crippen LogP contribution in [0.15, 0.2) is 30.3 Å². The zero-order valence-electron chi connectivity index (χ0n) is 10.4. The molecule has 1 atom stereocenters. The number of ketones is 1. The van der Waals surface area contributed by atoms with Crippen LogP contribution in [0, 0.1) is 0 Å². The molecule has 17 heavy (non-hydrogen) atoms. The van der Waals surface area contributed by atoms with Crippen LogP contribution in [0.3, 0.4) is 0 Å². The summed E-state index contributed by atoms with van der Waals surface area (Å²) in [6, 6.07) is 10.4. The fraction of sp³-hybridized carbons (Fsp3) is 0.533. The van der Waals surface area contributed by atoms with Crippen LogP contribution in [0.4, 0.5) is 0 Å². The summed E-state index contributed by atoms with van der Waals surface area (Å²) in [5.41, 5.74) is 1.34. The lowest BCUT2D eigenvalue weighted by Crippen LogP contribution is -2.28. The summed E-state index contributed by atoms with van der Waals surface area (Å²) in [6.45, 7) is 2.12. The average Bonchev–Trinajstić information content (AvgIpc) is 2.79. The van der Waals surface area contributed by atoms with Gasteiger partial charge in [-0.1, -0.05) is 30.3 Å². The van der Waals surface area contributed by atoms with E-state index in [0.29, 0.717) is 5.78 Å². The van der Waals surface area contributed by atoms with Gasteiger partial charge >= 0.3 is 0 Å². The van der Waals surface area contributed by atoms with Crippen LogP contribution in [-0.2, 0) is 11.2 Å². The van der Waals surface area contributed by atoms with Gasteiger partial charge in [0.15, 0.2) is 0 Å². The molecule has 1 aromatic rings. The van der Waals surface area contributed by atoms with Gasteiger partial charge in [0.05, 0.1) is 4.75 Å². The zero-order chi connectivity index (χ0) is 12.1. The van der Waals surface area contributed by atoms with Crippen molar-refractivity contribution in [1.82, 2.24) is 0 Å². The van der Waals surface area contributed by atoms with Crippen LogP contribution in [-0.4, -0.2) is 16.3 Å². The monoisotopic (exact) mass is 248 g/mol. The van der Waals surface area contributed by atoms with E-state index < -0.39 is 0 Å². The average molecular weight is 248 g/mol. The minimum Gasteiger partial charge on any atom is -0.298 e. The van der Waals surface area contributed by atoms with Crippen molar-refractivity contribution in [3.63, 3.8) is 0 Å². The molecule has 92 valence electrons. The molecule has 1 aliphatic heterocycles. The van der Waals surface area contributed by atoms with Crippen molar-refractivity contribution in [2.24, 2.45) is 0 Å². The third kappa shape index (κ3) is 3.35. The third-order valence-corrected chi connectivity index (χ3v) is 5.08. The van der Waals surface area contributed by atoms with Crippen molar-refractivity contribution < 1.29 is 4.79 Å². The molecular weight excluding hydrogens is 228 g/mol. The largest absolute Gasteiger partial charge is 0.298 e. The van der Waals surface area contributed by atoms with Gasteiger partial charge in [-0.05, 0) is 43.9 Å². The summed E-state index contributed by atoms with van der Waals surface area (Å²) in [7, 11) is 0. The lowest BCUT2D eigenvalue weighted by atomic mass is 9.95. The highest BCUT2D eigenvalue weighted by Gasteiger charge is 2.35. The standard InChI is InChI=1S/C15H20OS/c1-15(11-6-12-17-15)14(16)10-5-9-13-7-3-2-4-8-13/h2-4,7-8H,5-6,9-12H2,1H3. The summed E-state index contributed by atoms with van der Waals surface area (Å²) >= 11 is 1.85. The molecule has 2 rings (SSSR count). The van der Waals surface area contributed by atoms with E-state index in [1.807, 2.05) is 17.8 Å². The van der Waals surface area contributed by atoms with Crippen LogP contribution in [0.1, 0.15) is 38.2 Å². The van der Waals surface area contributed by atoms with E-state index in [-0.39, 0.29) is 4.75 Å². The molecule has 0 radical (unpaired) electrons. The summed E-state index contributed by atoms with van der Waals surface area (Å²) in [5, 5.41) is 0. The molecule has 1 saturated heterocycles. The SMILES string of the molecule is CC1(C(=O)CCCc2ccccc2)CCCS1. The fourth-order valence-electron chi connectivity index (χ4n) is 2.36. The first-order chi connectivity index (χ1) is 8.21. The molecule has 1 aliphatic rings. The van der Waals surface area contributed by atoms with Crippen molar-refractivity contribution in [3.8, 4) is 0 Å². The number of carbonyl (C=O) groups is 1. The summed E-state index contributed by atoms with van der Waals surface area (Å²) in [5.74, 6) is 1.61. The Morgan fingerprint density at radius 3 is 2.76 bits per heavy atom. The van der Waals surface area contributed by atoms with Gasteiger partial charge < -0.3 is 0 Å². The number of aryl methyl sites for hydroxylation is 1. The molecule has 0 aromatic heterocycles. The van der Waals surface area contributed by atoms with Crippen LogP contribution < -0.4 is 0 Å². The molecule has 1 nitrogen and oxygen atoms in total. The smallest absolute Gasteiger partial charge is 0.148 e. The first kappa shape index (κ1) is 12.7. The van der Waals surface area contributed by atoms with Crippen molar-refractivity contribution in [3.05, 3.63) is 35.9 Å². The Balaban J connectivity index is 1.77. The molecule has 0 bridgehead atoms. The van der Waals surface area contributed by atoms with E-state index in [1.165, 1.54) is 12.0 Å². The number of hydrogen-bond acceptors (Lipinski definition) is 2. The Labute approximate surface area is 108 Å². The zero-order valence-corrected chi connectivity index (χ0v) is 11.3. The normalized spacial score (nSPS) is 23.8. The molecule has 0 aliphatic carbocycles. The van der Waals surface area contributed by atoms with E-state index in [9.17, 15) is 4.79 Å². The minimum atomic E-state index is -0.0727. The first-order valence-corrected chi connectivity index (χ1v) is 7.40. The Morgan fingerprint density at radius 2 is 2.12 bits per heavy atom. The molecule has 1 unspecified atom stereocenters. The van der Waals surface area contributed by atoms with Gasteiger partial charge in [0.25, 0.3) is 0 Å². The van der Waals surface area contributed by atoms with Crippen molar-refractivity contribution in [2.75, 3.05) is 5.75 Å². The molecular formula is C15H20OS. The highest BCUT2D eigenvalue weighted by Crippen LogP contribution is 2.39. The van der Waals surface area contributed by atoms with Gasteiger partial charge in [-0.2, -0.15) is 0 Å². The molecule has 1 heterocycles. The maximum Gasteiger partial charge on any atom is 0.148 e. The van der Waals surface area contributed by atoms with E-state index in [1.54, 1.807) is 0 Å². The van der Waals surface area contributed by atoms with E-state index in [4.69, 9.17) is 0 Å². The number of carbonyl (C=O) groups excluding carboxylic acids is 1. The van der Waals surface area contributed by atoms with Gasteiger partial charge in [0.2, 0.25) is 0 Å². The van der Waals surface area contributed by atoms with Crippen LogP contribution in [0.5, 0.6) is 0 Å². The number of thioether (sulfide) groups is 1. The molecule has 0 spiro atoms. The molecule has 1 aromatic carbocycles. The Bertz CT molecular complexity index is 366. The molecule has 0 amide bonds. The number of benzene rings is 1. The van der Waals surface area contributed by atoms with Crippen LogP contribution in [0.25, 0.3) is 0 Å². The summed E-state index contributed by atoms with van der Waals surface area (Å²) in [4.78, 5) is 12.1. The maximum absolute atomic E-state index is 12.1. The lowest BCUT2D eigenvalue weighted by Gasteiger charge is -2.20. The van der Waals surface area contributed by atoms with Gasteiger partial charge in [-0.3, -0.25) is 4.79 Å². The number of rotatable bonds is 5. The van der Waals surface area contributed by atoms with Gasteiger partial charge in [-0.15, -0.1) is 11.8 Å². The molecule has 0 N–H and O–H groups in total. The van der Waals surface area contributed by atoms with Crippen molar-refractivity contribution in [2.45, 2.75) is 43.8 Å². The second-order valence-corrected chi connectivity index (χ2v) is 6.54. The second-order valence-electron chi connectivity index (χ2n) is 4.95. The molecule has 0 saturated carbocycles. The first-order valence-electron chi connectivity index (χ1n) is 6.42. The lowest BCUT2D eigenvalue weighted by molar-refractivity contribution is -0.121. The van der Waals surface area contributed by atoms with Crippen molar-refractivity contribution in [1.29, 1.82) is 0 Å². The molecule has 2 heteroatoms. The maximum atomic E-state index is 12.1. The number of hydrogen-bond donors (Lipinski definition) is 0. The van der Waals surface area contributed by atoms with E-state index in [0.717, 1.165) is 31.4 Å². The van der Waals surface area contributed by atoms with Crippen molar-refractivity contribution >= 4 is 17.5 Å². The highest BCUT2D eigenvalue weighted by molar-refractivity contribution is 8.01. The third-order valence-electron chi connectivity index (χ3n) is 3.52. The Morgan fingerprint density at radius 1 is 1.35 bits per heavy atom. The predicted molar refractivity (Wildman–Crippen MR) is 74.5 cm³/mol. The Hall–Kier alpha value is -0.760. The minimum absolute atomic E-state index is 0.0727. The van der Waals surface area contributed by atoms with Gasteiger partial charge in [0.1, 0.15) is 5.78 Å². The summed E-state index contributed by atoms with van der Waals surface area (Å²) < 4.78 is -0.0727. The topological polar surface area (TPSA) is 17.1 Å². The van der Waals surface area contributed by atoms with Crippen LogP contribution >= 0.6 is 11.8 Å². The second kappa shape index (κ2) is 5.72. The van der Waals surface area contributed by atoms with Crippen LogP contribution in [0.2, 0.25) is 0 Å². The van der Waals surface area contributed by atoms with E-state index in [2.05, 4.69) is 31.2 Å². The quantitative estimate of drug-likeness (QED) is 0.787. The van der Waals surface area contributed by atoms with Gasteiger partial charge in [0, 0.05) is 6.42 Å². The van der Waals surface area contributed by atoms with Gasteiger partial charge in [-0.25, -0.2) is 0 Å². The molecule has 1 fully saturated rings. The van der Waals surface area contributed by atoms with E-state index >= 15 is 0 Å². The number of Topliss-reactive ketones (excluding diaryl/α,β-unsaturated/α-hetero) is 1. The fourth-order valence-corrected chi connectivity index (χ4v) is 3.65. The predicted octanol–water partition coefficient (Wildman–Crippen LogP) is 3.86. The Kier molecular flexibility index (Phi) is 4.27.